The minimum Gasteiger partial charge on any atom is -0.371 e. The van der Waals surface area contributed by atoms with E-state index in [0.717, 1.165) is 28.4 Å². The van der Waals surface area contributed by atoms with E-state index >= 15 is 0 Å². The molecule has 2 rings (SSSR count). The van der Waals surface area contributed by atoms with E-state index in [1.54, 1.807) is 0 Å². The van der Waals surface area contributed by atoms with Crippen LogP contribution in [-0.4, -0.2) is 23.7 Å². The second-order valence-corrected chi connectivity index (χ2v) is 8.28. The first-order chi connectivity index (χ1) is 10.3. The van der Waals surface area contributed by atoms with Gasteiger partial charge in [-0.25, -0.2) is 0 Å². The zero-order chi connectivity index (χ0) is 16.3. The van der Waals surface area contributed by atoms with E-state index in [1.165, 1.54) is 12.0 Å². The monoisotopic (exact) mass is 415 g/mol. The van der Waals surface area contributed by atoms with Gasteiger partial charge in [0, 0.05) is 3.57 Å². The van der Waals surface area contributed by atoms with Gasteiger partial charge in [0.05, 0.1) is 23.3 Å². The van der Waals surface area contributed by atoms with Crippen LogP contribution in [0.4, 0.5) is 0 Å². The third-order valence-electron chi connectivity index (χ3n) is 3.89. The van der Waals surface area contributed by atoms with E-state index in [4.69, 9.17) is 4.74 Å². The van der Waals surface area contributed by atoms with Gasteiger partial charge in [-0.15, -0.1) is 0 Å². The summed E-state index contributed by atoms with van der Waals surface area (Å²) >= 11 is 2.23. The largest absolute Gasteiger partial charge is 0.371 e. The molecule has 1 N–H and O–H groups in total. The number of aryl methyl sites for hydroxylation is 1. The first-order valence-corrected chi connectivity index (χ1v) is 9.09. The third kappa shape index (κ3) is 4.95. The van der Waals surface area contributed by atoms with Crippen LogP contribution in [0.15, 0.2) is 18.2 Å². The van der Waals surface area contributed by atoms with E-state index in [2.05, 4.69) is 48.7 Å². The van der Waals surface area contributed by atoms with Crippen LogP contribution in [0.5, 0.6) is 0 Å². The fourth-order valence-corrected chi connectivity index (χ4v) is 3.82. The first-order valence-electron chi connectivity index (χ1n) is 8.01. The van der Waals surface area contributed by atoms with Gasteiger partial charge >= 0.3 is 0 Å². The molecule has 22 heavy (non-hydrogen) atoms. The summed E-state index contributed by atoms with van der Waals surface area (Å²) in [4.78, 5) is 12.6. The lowest BCUT2D eigenvalue weighted by molar-refractivity contribution is -0.0855. The summed E-state index contributed by atoms with van der Waals surface area (Å²) in [7, 11) is 0. The van der Waals surface area contributed by atoms with Gasteiger partial charge < -0.3 is 10.1 Å². The van der Waals surface area contributed by atoms with Crippen molar-refractivity contribution in [1.82, 2.24) is 5.32 Å². The third-order valence-corrected chi connectivity index (χ3v) is 4.79. The number of amides is 1. The molecule has 1 fully saturated rings. The Morgan fingerprint density at radius 3 is 2.59 bits per heavy atom. The maximum atomic E-state index is 12.6. The first kappa shape index (κ1) is 17.7. The Labute approximate surface area is 147 Å². The molecule has 1 amide bonds. The van der Waals surface area contributed by atoms with Crippen LogP contribution >= 0.6 is 22.6 Å². The van der Waals surface area contributed by atoms with Gasteiger partial charge in [-0.2, -0.15) is 0 Å². The fraction of sp³-hybridized carbons (Fsp3) is 0.611. The van der Waals surface area contributed by atoms with Crippen LogP contribution in [0.3, 0.4) is 0 Å². The SMILES string of the molecule is Cc1ccc(C(=O)N[C@@H]2CCCC[C@H]2OC(C)(C)C)c(I)c1. The number of nitrogens with one attached hydrogen (secondary N) is 1. The summed E-state index contributed by atoms with van der Waals surface area (Å²) < 4.78 is 7.16. The zero-order valence-corrected chi connectivity index (χ0v) is 16.1. The molecule has 0 saturated heterocycles. The van der Waals surface area contributed by atoms with Gasteiger partial charge in [-0.05, 0) is 75.3 Å². The number of hydrogen-bond acceptors (Lipinski definition) is 2. The van der Waals surface area contributed by atoms with Crippen molar-refractivity contribution in [2.45, 2.75) is 71.1 Å². The van der Waals surface area contributed by atoms with Crippen molar-refractivity contribution in [3.8, 4) is 0 Å². The van der Waals surface area contributed by atoms with Crippen LogP contribution < -0.4 is 5.32 Å². The van der Waals surface area contributed by atoms with E-state index < -0.39 is 0 Å². The number of rotatable bonds is 3. The average molecular weight is 415 g/mol. The molecular formula is C18H26INO2. The highest BCUT2D eigenvalue weighted by molar-refractivity contribution is 14.1. The molecule has 0 aromatic heterocycles. The lowest BCUT2D eigenvalue weighted by Gasteiger charge is -2.36. The molecule has 1 aromatic carbocycles. The smallest absolute Gasteiger partial charge is 0.252 e. The van der Waals surface area contributed by atoms with Crippen LogP contribution in [0.25, 0.3) is 0 Å². The molecule has 1 saturated carbocycles. The maximum absolute atomic E-state index is 12.6. The van der Waals surface area contributed by atoms with E-state index in [0.29, 0.717) is 0 Å². The molecule has 0 spiro atoms. The number of halogens is 1. The number of carbonyl (C=O) groups excluding carboxylic acids is 1. The second kappa shape index (κ2) is 7.30. The van der Waals surface area contributed by atoms with E-state index in [-0.39, 0.29) is 23.7 Å². The minimum atomic E-state index is -0.177. The summed E-state index contributed by atoms with van der Waals surface area (Å²) in [5.41, 5.74) is 1.75. The predicted octanol–water partition coefficient (Wildman–Crippen LogP) is 4.46. The van der Waals surface area contributed by atoms with Gasteiger partial charge in [0.25, 0.3) is 5.91 Å². The summed E-state index contributed by atoms with van der Waals surface area (Å²) in [6.07, 6.45) is 4.46. The van der Waals surface area contributed by atoms with Crippen LogP contribution in [0.2, 0.25) is 0 Å². The molecule has 1 aliphatic carbocycles. The summed E-state index contributed by atoms with van der Waals surface area (Å²) in [6, 6.07) is 6.05. The predicted molar refractivity (Wildman–Crippen MR) is 98.2 cm³/mol. The number of hydrogen-bond donors (Lipinski definition) is 1. The van der Waals surface area contributed by atoms with E-state index in [1.807, 2.05) is 25.1 Å². The Morgan fingerprint density at radius 2 is 1.95 bits per heavy atom. The lowest BCUT2D eigenvalue weighted by Crippen LogP contribution is -2.48. The van der Waals surface area contributed by atoms with Gasteiger partial charge in [0.15, 0.2) is 0 Å². The molecule has 0 bridgehead atoms. The molecule has 1 aromatic rings. The molecule has 3 nitrogen and oxygen atoms in total. The van der Waals surface area contributed by atoms with Crippen molar-refractivity contribution < 1.29 is 9.53 Å². The Balaban J connectivity index is 2.07. The highest BCUT2D eigenvalue weighted by atomic mass is 127. The normalized spacial score (nSPS) is 22.4. The molecule has 0 unspecified atom stereocenters. The molecule has 0 heterocycles. The highest BCUT2D eigenvalue weighted by Gasteiger charge is 2.31. The van der Waals surface area contributed by atoms with Crippen molar-refractivity contribution in [1.29, 1.82) is 0 Å². The van der Waals surface area contributed by atoms with Gasteiger partial charge in [0.2, 0.25) is 0 Å². The van der Waals surface area contributed by atoms with Crippen molar-refractivity contribution in [2.75, 3.05) is 0 Å². The summed E-state index contributed by atoms with van der Waals surface area (Å²) in [5, 5.41) is 3.20. The highest BCUT2D eigenvalue weighted by Crippen LogP contribution is 2.26. The Hall–Kier alpha value is -0.620. The van der Waals surface area contributed by atoms with Crippen molar-refractivity contribution in [3.05, 3.63) is 32.9 Å². The Kier molecular flexibility index (Phi) is 5.88. The average Bonchev–Trinajstić information content (AvgIpc) is 2.39. The minimum absolute atomic E-state index is 0.0128. The molecule has 0 radical (unpaired) electrons. The van der Waals surface area contributed by atoms with Crippen molar-refractivity contribution in [3.63, 3.8) is 0 Å². The maximum Gasteiger partial charge on any atom is 0.252 e. The molecule has 1 aliphatic rings. The van der Waals surface area contributed by atoms with Crippen molar-refractivity contribution in [2.24, 2.45) is 0 Å². The summed E-state index contributed by atoms with van der Waals surface area (Å²) in [5.74, 6) is 0.0128. The quantitative estimate of drug-likeness (QED) is 0.741. The molecule has 122 valence electrons. The Bertz CT molecular complexity index is 536. The van der Waals surface area contributed by atoms with Crippen LogP contribution in [-0.2, 0) is 4.74 Å². The van der Waals surface area contributed by atoms with Gasteiger partial charge in [-0.3, -0.25) is 4.79 Å². The standard InChI is InChI=1S/C18H26INO2/c1-12-9-10-13(14(19)11-12)17(21)20-15-7-5-6-8-16(15)22-18(2,3)4/h9-11,15-16H,5-8H2,1-4H3,(H,20,21)/t15-,16-/m1/s1. The van der Waals surface area contributed by atoms with Gasteiger partial charge in [0.1, 0.15) is 0 Å². The molecule has 4 heteroatoms. The fourth-order valence-electron chi connectivity index (χ4n) is 2.91. The molecule has 2 atom stereocenters. The number of benzene rings is 1. The zero-order valence-electron chi connectivity index (χ0n) is 13.9. The number of carbonyl (C=O) groups is 1. The van der Waals surface area contributed by atoms with Crippen LogP contribution in [0, 0.1) is 10.5 Å². The van der Waals surface area contributed by atoms with Crippen molar-refractivity contribution >= 4 is 28.5 Å². The second-order valence-electron chi connectivity index (χ2n) is 7.12. The van der Waals surface area contributed by atoms with Gasteiger partial charge in [-0.1, -0.05) is 24.5 Å². The number of ether oxygens (including phenoxy) is 1. The topological polar surface area (TPSA) is 38.3 Å². The lowest BCUT2D eigenvalue weighted by atomic mass is 9.91. The van der Waals surface area contributed by atoms with E-state index in [9.17, 15) is 4.79 Å². The molecular weight excluding hydrogens is 389 g/mol. The van der Waals surface area contributed by atoms with Crippen LogP contribution in [0.1, 0.15) is 62.4 Å². The summed E-state index contributed by atoms with van der Waals surface area (Å²) in [6.45, 7) is 8.26. The Morgan fingerprint density at radius 1 is 1.27 bits per heavy atom. The molecule has 0 aliphatic heterocycles.